The number of benzene rings is 1. The van der Waals surface area contributed by atoms with E-state index in [0.29, 0.717) is 13.2 Å². The van der Waals surface area contributed by atoms with Crippen molar-refractivity contribution in [3.63, 3.8) is 0 Å². The third-order valence-corrected chi connectivity index (χ3v) is 4.67. The van der Waals surface area contributed by atoms with Crippen molar-refractivity contribution in [2.45, 2.75) is 46.3 Å². The van der Waals surface area contributed by atoms with E-state index in [4.69, 9.17) is 9.47 Å². The maximum Gasteiger partial charge on any atom is 0.161 e. The van der Waals surface area contributed by atoms with Crippen LogP contribution in [0.5, 0.6) is 11.5 Å². The molecule has 7 nitrogen and oxygen atoms in total. The van der Waals surface area contributed by atoms with Gasteiger partial charge in [0.2, 0.25) is 0 Å². The number of nitrogens with zero attached hydrogens (tertiary/aromatic N) is 4. The van der Waals surface area contributed by atoms with Crippen LogP contribution in [0.3, 0.4) is 0 Å². The van der Waals surface area contributed by atoms with Gasteiger partial charge in [0.25, 0.3) is 0 Å². The largest absolute Gasteiger partial charge is 0.490 e. The van der Waals surface area contributed by atoms with Gasteiger partial charge in [-0.2, -0.15) is 0 Å². The molecular weight excluding hydrogens is 366 g/mol. The lowest BCUT2D eigenvalue weighted by atomic mass is 10.2. The van der Waals surface area contributed by atoms with Crippen LogP contribution in [0.15, 0.2) is 49.3 Å². The maximum atomic E-state index is 5.92. The van der Waals surface area contributed by atoms with Crippen LogP contribution in [0.4, 0.5) is 0 Å². The Morgan fingerprint density at radius 1 is 1.03 bits per heavy atom. The van der Waals surface area contributed by atoms with E-state index in [1.165, 1.54) is 5.56 Å². The van der Waals surface area contributed by atoms with Gasteiger partial charge in [0, 0.05) is 44.3 Å². The first kappa shape index (κ1) is 20.9. The molecule has 0 aliphatic carbocycles. The minimum absolute atomic E-state index is 0.571. The normalized spacial score (nSPS) is 11.0. The molecule has 0 amide bonds. The quantitative estimate of drug-likeness (QED) is 0.448. The lowest BCUT2D eigenvalue weighted by Gasteiger charge is -2.14. The molecule has 156 valence electrons. The molecule has 1 aromatic carbocycles. The zero-order valence-corrected chi connectivity index (χ0v) is 17.4. The highest BCUT2D eigenvalue weighted by molar-refractivity contribution is 5.43. The predicted molar refractivity (Wildman–Crippen MR) is 113 cm³/mol. The lowest BCUT2D eigenvalue weighted by molar-refractivity contribution is 0.266. The van der Waals surface area contributed by atoms with E-state index < -0.39 is 0 Å². The molecule has 1 N–H and O–H groups in total. The van der Waals surface area contributed by atoms with Gasteiger partial charge in [0.1, 0.15) is 12.4 Å². The molecule has 0 unspecified atom stereocenters. The number of hydrogen-bond donors (Lipinski definition) is 1. The summed E-state index contributed by atoms with van der Waals surface area (Å²) in [5.41, 5.74) is 1.19. The predicted octanol–water partition coefficient (Wildman–Crippen LogP) is 3.30. The fourth-order valence-corrected chi connectivity index (χ4v) is 3.20. The van der Waals surface area contributed by atoms with E-state index in [9.17, 15) is 0 Å². The molecule has 0 bridgehead atoms. The molecule has 0 aliphatic heterocycles. The van der Waals surface area contributed by atoms with Crippen molar-refractivity contribution in [1.82, 2.24) is 24.4 Å². The summed E-state index contributed by atoms with van der Waals surface area (Å²) in [6.07, 6.45) is 11.5. The van der Waals surface area contributed by atoms with Gasteiger partial charge < -0.3 is 23.9 Å². The summed E-state index contributed by atoms with van der Waals surface area (Å²) in [5, 5.41) is 3.51. The average molecular weight is 398 g/mol. The highest BCUT2D eigenvalue weighted by Gasteiger charge is 2.07. The number of ether oxygens (including phenoxy) is 2. The van der Waals surface area contributed by atoms with Gasteiger partial charge in [-0.05, 0) is 37.6 Å². The molecule has 2 heterocycles. The first-order chi connectivity index (χ1) is 14.3. The Bertz CT molecular complexity index is 845. The van der Waals surface area contributed by atoms with Crippen LogP contribution in [0.1, 0.15) is 31.7 Å². The van der Waals surface area contributed by atoms with E-state index in [-0.39, 0.29) is 0 Å². The molecule has 0 saturated carbocycles. The summed E-state index contributed by atoms with van der Waals surface area (Å²) in [6.45, 7) is 8.81. The minimum atomic E-state index is 0.571. The molecule has 2 aromatic heterocycles. The van der Waals surface area contributed by atoms with Crippen LogP contribution in [0, 0.1) is 0 Å². The number of aromatic nitrogens is 4. The van der Waals surface area contributed by atoms with Crippen molar-refractivity contribution >= 4 is 0 Å². The van der Waals surface area contributed by atoms with E-state index in [1.807, 2.05) is 30.0 Å². The molecule has 3 rings (SSSR count). The first-order valence-corrected chi connectivity index (χ1v) is 10.3. The molecule has 3 aromatic rings. The molecule has 7 heteroatoms. The van der Waals surface area contributed by atoms with Gasteiger partial charge in [-0.25, -0.2) is 9.97 Å². The van der Waals surface area contributed by atoms with E-state index in [2.05, 4.69) is 45.1 Å². The van der Waals surface area contributed by atoms with Gasteiger partial charge in [-0.3, -0.25) is 0 Å². The summed E-state index contributed by atoms with van der Waals surface area (Å²) < 4.78 is 15.9. The molecule has 0 saturated heterocycles. The molecule has 0 aliphatic rings. The van der Waals surface area contributed by atoms with Crippen LogP contribution in [0.2, 0.25) is 0 Å². The van der Waals surface area contributed by atoms with Gasteiger partial charge in [0.05, 0.1) is 19.5 Å². The second-order valence-corrected chi connectivity index (χ2v) is 6.78. The molecule has 0 spiro atoms. The van der Waals surface area contributed by atoms with Crippen molar-refractivity contribution in [3.05, 3.63) is 60.7 Å². The Labute approximate surface area is 172 Å². The van der Waals surface area contributed by atoms with Crippen molar-refractivity contribution in [2.75, 3.05) is 19.8 Å². The third-order valence-electron chi connectivity index (χ3n) is 4.67. The molecule has 0 fully saturated rings. The standard InChI is InChI=1S/C22H31N5O2/c1-3-22-25-10-13-27(22)11-5-8-23-17-19-6-7-20(21(16-19)28-4-2)29-15-14-26-12-9-24-18-26/h6-7,9-10,12-13,16,18,23H,3-5,8,11,14-15,17H2,1-2H3. The molecular formula is C22H31N5O2. The third kappa shape index (κ3) is 6.35. The number of aryl methyl sites for hydroxylation is 2. The van der Waals surface area contributed by atoms with Crippen LogP contribution in [-0.4, -0.2) is 38.9 Å². The van der Waals surface area contributed by atoms with E-state index in [1.54, 1.807) is 12.5 Å². The Balaban J connectivity index is 1.44. The summed E-state index contributed by atoms with van der Waals surface area (Å²) in [5.74, 6) is 2.72. The fourth-order valence-electron chi connectivity index (χ4n) is 3.20. The van der Waals surface area contributed by atoms with Crippen LogP contribution < -0.4 is 14.8 Å². The van der Waals surface area contributed by atoms with E-state index >= 15 is 0 Å². The van der Waals surface area contributed by atoms with Gasteiger partial charge in [-0.15, -0.1) is 0 Å². The molecule has 0 atom stereocenters. The van der Waals surface area contributed by atoms with Crippen LogP contribution in [-0.2, 0) is 26.1 Å². The highest BCUT2D eigenvalue weighted by Crippen LogP contribution is 2.28. The van der Waals surface area contributed by atoms with Gasteiger partial charge in [0.15, 0.2) is 11.5 Å². The average Bonchev–Trinajstić information content (AvgIpc) is 3.41. The topological polar surface area (TPSA) is 66.1 Å². The second kappa shape index (κ2) is 11.3. The van der Waals surface area contributed by atoms with E-state index in [0.717, 1.165) is 56.3 Å². The number of imidazole rings is 2. The number of rotatable bonds is 13. The van der Waals surface area contributed by atoms with Crippen molar-refractivity contribution in [1.29, 1.82) is 0 Å². The zero-order valence-electron chi connectivity index (χ0n) is 17.4. The Morgan fingerprint density at radius 2 is 1.97 bits per heavy atom. The highest BCUT2D eigenvalue weighted by atomic mass is 16.5. The summed E-state index contributed by atoms with van der Waals surface area (Å²) in [6, 6.07) is 6.15. The Morgan fingerprint density at radius 3 is 2.76 bits per heavy atom. The summed E-state index contributed by atoms with van der Waals surface area (Å²) in [4.78, 5) is 8.41. The summed E-state index contributed by atoms with van der Waals surface area (Å²) >= 11 is 0. The Kier molecular flexibility index (Phi) is 8.12. The summed E-state index contributed by atoms with van der Waals surface area (Å²) in [7, 11) is 0. The van der Waals surface area contributed by atoms with Crippen molar-refractivity contribution in [2.24, 2.45) is 0 Å². The monoisotopic (exact) mass is 397 g/mol. The molecule has 0 radical (unpaired) electrons. The first-order valence-electron chi connectivity index (χ1n) is 10.3. The van der Waals surface area contributed by atoms with Crippen molar-refractivity contribution in [3.8, 4) is 11.5 Å². The van der Waals surface area contributed by atoms with Gasteiger partial charge >= 0.3 is 0 Å². The lowest BCUT2D eigenvalue weighted by Crippen LogP contribution is -2.17. The maximum absolute atomic E-state index is 5.92. The van der Waals surface area contributed by atoms with Gasteiger partial charge in [-0.1, -0.05) is 13.0 Å². The van der Waals surface area contributed by atoms with Crippen LogP contribution >= 0.6 is 0 Å². The second-order valence-electron chi connectivity index (χ2n) is 6.78. The smallest absolute Gasteiger partial charge is 0.161 e. The minimum Gasteiger partial charge on any atom is -0.490 e. The Hall–Kier alpha value is -2.80. The molecule has 29 heavy (non-hydrogen) atoms. The SMILES string of the molecule is CCOc1cc(CNCCCn2ccnc2CC)ccc1OCCn1ccnc1. The fraction of sp³-hybridized carbons (Fsp3) is 0.455. The zero-order chi connectivity index (χ0) is 20.3. The van der Waals surface area contributed by atoms with Crippen LogP contribution in [0.25, 0.3) is 0 Å². The number of nitrogens with one attached hydrogen (secondary N) is 1. The number of hydrogen-bond acceptors (Lipinski definition) is 5. The van der Waals surface area contributed by atoms with Crippen molar-refractivity contribution < 1.29 is 9.47 Å².